The van der Waals surface area contributed by atoms with Gasteiger partial charge in [-0.3, -0.25) is 9.69 Å². The van der Waals surface area contributed by atoms with E-state index in [0.717, 1.165) is 24.2 Å². The lowest BCUT2D eigenvalue weighted by Gasteiger charge is -2.45. The molecule has 2 rings (SSSR count). The normalized spacial score (nSPS) is 23.8. The van der Waals surface area contributed by atoms with Crippen LogP contribution in [-0.2, 0) is 9.53 Å². The largest absolute Gasteiger partial charge is 0.373 e. The molecular formula is C19H31N3O2. The molecular weight excluding hydrogens is 302 g/mol. The van der Waals surface area contributed by atoms with Gasteiger partial charge in [-0.25, -0.2) is 0 Å². The summed E-state index contributed by atoms with van der Waals surface area (Å²) < 4.78 is 5.79. The van der Waals surface area contributed by atoms with E-state index < -0.39 is 6.04 Å². The minimum atomic E-state index is -0.635. The van der Waals surface area contributed by atoms with Crippen molar-refractivity contribution in [2.45, 2.75) is 58.4 Å². The molecule has 1 aromatic rings. The van der Waals surface area contributed by atoms with E-state index in [9.17, 15) is 4.79 Å². The highest BCUT2D eigenvalue weighted by atomic mass is 16.5. The quantitative estimate of drug-likeness (QED) is 0.865. The maximum Gasteiger partial charge on any atom is 0.241 e. The van der Waals surface area contributed by atoms with Gasteiger partial charge in [-0.15, -0.1) is 0 Å². The molecule has 5 nitrogen and oxygen atoms in total. The number of carbonyl (C=O) groups is 1. The van der Waals surface area contributed by atoms with Crippen LogP contribution >= 0.6 is 0 Å². The van der Waals surface area contributed by atoms with Crippen molar-refractivity contribution in [1.29, 1.82) is 0 Å². The summed E-state index contributed by atoms with van der Waals surface area (Å²) >= 11 is 0. The van der Waals surface area contributed by atoms with Gasteiger partial charge >= 0.3 is 0 Å². The van der Waals surface area contributed by atoms with Crippen molar-refractivity contribution in [3.8, 4) is 0 Å². The second kappa shape index (κ2) is 7.64. The van der Waals surface area contributed by atoms with Crippen LogP contribution in [0, 0.1) is 6.92 Å². The number of rotatable bonds is 5. The van der Waals surface area contributed by atoms with Crippen LogP contribution in [0.3, 0.4) is 0 Å². The Labute approximate surface area is 145 Å². The number of nitrogens with zero attached hydrogens (tertiary/aromatic N) is 1. The Kier molecular flexibility index (Phi) is 6.01. The molecule has 134 valence electrons. The zero-order chi connectivity index (χ0) is 17.9. The fourth-order valence-corrected chi connectivity index (χ4v) is 3.12. The SMILES string of the molecule is Cc1ccc(C(N)C(=O)NCC(C)(C)N2CC(C)OC(C)C2)cc1. The van der Waals surface area contributed by atoms with Crippen molar-refractivity contribution >= 4 is 5.91 Å². The van der Waals surface area contributed by atoms with Crippen LogP contribution in [0.2, 0.25) is 0 Å². The Morgan fingerprint density at radius 2 is 1.83 bits per heavy atom. The summed E-state index contributed by atoms with van der Waals surface area (Å²) in [4.78, 5) is 14.8. The predicted octanol–water partition coefficient (Wildman–Crippen LogP) is 2.00. The van der Waals surface area contributed by atoms with E-state index in [-0.39, 0.29) is 23.7 Å². The molecule has 3 unspecified atom stereocenters. The monoisotopic (exact) mass is 333 g/mol. The second-order valence-corrected chi connectivity index (χ2v) is 7.58. The molecule has 0 radical (unpaired) electrons. The van der Waals surface area contributed by atoms with E-state index in [0.29, 0.717) is 6.54 Å². The maximum atomic E-state index is 12.4. The Bertz CT molecular complexity index is 546. The first-order chi connectivity index (χ1) is 11.2. The van der Waals surface area contributed by atoms with Crippen molar-refractivity contribution in [3.63, 3.8) is 0 Å². The average molecular weight is 333 g/mol. The molecule has 3 N–H and O–H groups in total. The van der Waals surface area contributed by atoms with Crippen LogP contribution in [0.15, 0.2) is 24.3 Å². The van der Waals surface area contributed by atoms with E-state index in [2.05, 4.69) is 37.9 Å². The van der Waals surface area contributed by atoms with Gasteiger partial charge in [0.15, 0.2) is 0 Å². The number of carbonyl (C=O) groups excluding carboxylic acids is 1. The Morgan fingerprint density at radius 1 is 1.29 bits per heavy atom. The van der Waals surface area contributed by atoms with E-state index in [1.807, 2.05) is 31.2 Å². The molecule has 1 amide bonds. The van der Waals surface area contributed by atoms with Crippen LogP contribution in [0.5, 0.6) is 0 Å². The molecule has 0 spiro atoms. The number of aryl methyl sites for hydroxylation is 1. The van der Waals surface area contributed by atoms with Crippen LogP contribution in [-0.4, -0.2) is 48.2 Å². The first-order valence-corrected chi connectivity index (χ1v) is 8.69. The van der Waals surface area contributed by atoms with Gasteiger partial charge in [0, 0.05) is 25.2 Å². The molecule has 0 saturated carbocycles. The first kappa shape index (κ1) is 18.9. The van der Waals surface area contributed by atoms with Crippen LogP contribution in [0.1, 0.15) is 44.9 Å². The third kappa shape index (κ3) is 4.79. The molecule has 0 aliphatic carbocycles. The molecule has 0 aromatic heterocycles. The molecule has 1 fully saturated rings. The number of hydrogen-bond acceptors (Lipinski definition) is 4. The fraction of sp³-hybridized carbons (Fsp3) is 0.632. The summed E-state index contributed by atoms with van der Waals surface area (Å²) in [6.07, 6.45) is 0.414. The summed E-state index contributed by atoms with van der Waals surface area (Å²) in [6, 6.07) is 7.14. The van der Waals surface area contributed by atoms with Crippen LogP contribution < -0.4 is 11.1 Å². The van der Waals surface area contributed by atoms with Gasteiger partial charge in [0.2, 0.25) is 5.91 Å². The number of nitrogens with one attached hydrogen (secondary N) is 1. The minimum Gasteiger partial charge on any atom is -0.373 e. The highest BCUT2D eigenvalue weighted by molar-refractivity contribution is 5.83. The van der Waals surface area contributed by atoms with Gasteiger partial charge in [-0.1, -0.05) is 29.8 Å². The summed E-state index contributed by atoms with van der Waals surface area (Å²) in [5, 5.41) is 3.02. The minimum absolute atomic E-state index is 0.138. The Balaban J connectivity index is 1.93. The molecule has 24 heavy (non-hydrogen) atoms. The van der Waals surface area contributed by atoms with E-state index in [1.54, 1.807) is 0 Å². The number of hydrogen-bond donors (Lipinski definition) is 2. The molecule has 1 heterocycles. The van der Waals surface area contributed by atoms with Crippen LogP contribution in [0.25, 0.3) is 0 Å². The molecule has 1 saturated heterocycles. The second-order valence-electron chi connectivity index (χ2n) is 7.58. The fourth-order valence-electron chi connectivity index (χ4n) is 3.12. The summed E-state index contributed by atoms with van der Waals surface area (Å²) in [5.74, 6) is -0.138. The lowest BCUT2D eigenvalue weighted by molar-refractivity contribution is -0.124. The van der Waals surface area contributed by atoms with Gasteiger partial charge in [0.05, 0.1) is 12.2 Å². The lowest BCUT2D eigenvalue weighted by atomic mass is 9.99. The zero-order valence-corrected chi connectivity index (χ0v) is 15.5. The molecule has 3 atom stereocenters. The van der Waals surface area contributed by atoms with E-state index in [1.165, 1.54) is 0 Å². The Hall–Kier alpha value is -1.43. The van der Waals surface area contributed by atoms with Gasteiger partial charge < -0.3 is 15.8 Å². The van der Waals surface area contributed by atoms with Gasteiger partial charge in [0.25, 0.3) is 0 Å². The molecule has 1 aliphatic rings. The number of morpholine rings is 1. The number of nitrogens with two attached hydrogens (primary N) is 1. The summed E-state index contributed by atoms with van der Waals surface area (Å²) in [5.41, 5.74) is 7.94. The maximum absolute atomic E-state index is 12.4. The van der Waals surface area contributed by atoms with E-state index in [4.69, 9.17) is 10.5 Å². The average Bonchev–Trinajstić information content (AvgIpc) is 2.52. The van der Waals surface area contributed by atoms with Crippen molar-refractivity contribution in [3.05, 3.63) is 35.4 Å². The number of ether oxygens (including phenoxy) is 1. The van der Waals surface area contributed by atoms with Crippen LogP contribution in [0.4, 0.5) is 0 Å². The standard InChI is InChI=1S/C19H31N3O2/c1-13-6-8-16(9-7-13)17(20)18(23)21-12-19(4,5)22-10-14(2)24-15(3)11-22/h6-9,14-15,17H,10-12,20H2,1-5H3,(H,21,23). The number of benzene rings is 1. The van der Waals surface area contributed by atoms with Crippen molar-refractivity contribution < 1.29 is 9.53 Å². The highest BCUT2D eigenvalue weighted by Crippen LogP contribution is 2.21. The van der Waals surface area contributed by atoms with Crippen molar-refractivity contribution in [2.75, 3.05) is 19.6 Å². The summed E-state index contributed by atoms with van der Waals surface area (Å²) in [6.45, 7) is 12.8. The van der Waals surface area contributed by atoms with Crippen molar-refractivity contribution in [1.82, 2.24) is 10.2 Å². The summed E-state index contributed by atoms with van der Waals surface area (Å²) in [7, 11) is 0. The molecule has 1 aliphatic heterocycles. The highest BCUT2D eigenvalue weighted by Gasteiger charge is 2.33. The Morgan fingerprint density at radius 3 is 2.38 bits per heavy atom. The number of amides is 1. The van der Waals surface area contributed by atoms with Gasteiger partial charge in [-0.05, 0) is 40.2 Å². The lowest BCUT2D eigenvalue weighted by Crippen LogP contribution is -2.59. The molecule has 5 heteroatoms. The molecule has 0 bridgehead atoms. The van der Waals surface area contributed by atoms with E-state index >= 15 is 0 Å². The smallest absolute Gasteiger partial charge is 0.241 e. The van der Waals surface area contributed by atoms with Gasteiger partial charge in [-0.2, -0.15) is 0 Å². The topological polar surface area (TPSA) is 67.6 Å². The third-order valence-corrected chi connectivity index (χ3v) is 4.69. The van der Waals surface area contributed by atoms with Gasteiger partial charge in [0.1, 0.15) is 6.04 Å². The predicted molar refractivity (Wildman–Crippen MR) is 96.8 cm³/mol. The first-order valence-electron chi connectivity index (χ1n) is 8.69. The molecule has 1 aromatic carbocycles. The zero-order valence-electron chi connectivity index (χ0n) is 15.5. The third-order valence-electron chi connectivity index (χ3n) is 4.69. The van der Waals surface area contributed by atoms with Crippen molar-refractivity contribution in [2.24, 2.45) is 5.73 Å².